The molecule has 0 aliphatic carbocycles. The Morgan fingerprint density at radius 1 is 1.16 bits per heavy atom. The molecule has 1 aliphatic rings. The molecular formula is C21H19N3O5S2. The molecule has 2 aromatic carbocycles. The number of nitrogens with one attached hydrogen (secondary N) is 3. The fourth-order valence-electron chi connectivity index (χ4n) is 2.93. The van der Waals surface area contributed by atoms with E-state index in [1.54, 1.807) is 30.3 Å². The minimum absolute atomic E-state index is 0.0414. The summed E-state index contributed by atoms with van der Waals surface area (Å²) >= 11 is 1.44. The van der Waals surface area contributed by atoms with E-state index in [0.717, 1.165) is 4.90 Å². The number of carbonyl (C=O) groups is 2. The molecule has 1 aromatic heterocycles. The zero-order chi connectivity index (χ0) is 22.0. The van der Waals surface area contributed by atoms with E-state index >= 15 is 0 Å². The van der Waals surface area contributed by atoms with E-state index in [9.17, 15) is 18.0 Å². The Morgan fingerprint density at radius 2 is 1.94 bits per heavy atom. The van der Waals surface area contributed by atoms with Gasteiger partial charge in [0.2, 0.25) is 15.9 Å². The highest BCUT2D eigenvalue weighted by molar-refractivity contribution is 8.01. The van der Waals surface area contributed by atoms with Gasteiger partial charge in [-0.2, -0.15) is 0 Å². The predicted octanol–water partition coefficient (Wildman–Crippen LogP) is 3.44. The molecule has 1 atom stereocenters. The first kappa shape index (κ1) is 21.2. The molecule has 0 radical (unpaired) electrons. The van der Waals surface area contributed by atoms with E-state index in [1.165, 1.54) is 42.3 Å². The lowest BCUT2D eigenvalue weighted by Crippen LogP contribution is -2.26. The van der Waals surface area contributed by atoms with Gasteiger partial charge in [-0.1, -0.05) is 0 Å². The van der Waals surface area contributed by atoms with Crippen molar-refractivity contribution in [3.63, 3.8) is 0 Å². The van der Waals surface area contributed by atoms with E-state index in [0.29, 0.717) is 22.7 Å². The molecule has 3 aromatic rings. The van der Waals surface area contributed by atoms with Gasteiger partial charge in [-0.05, 0) is 61.5 Å². The van der Waals surface area contributed by atoms with Gasteiger partial charge in [0.25, 0.3) is 5.91 Å². The van der Waals surface area contributed by atoms with E-state index in [1.807, 2.05) is 6.92 Å². The normalized spacial score (nSPS) is 15.8. The van der Waals surface area contributed by atoms with E-state index in [2.05, 4.69) is 15.4 Å². The fraction of sp³-hybridized carbons (Fsp3) is 0.143. The Hall–Kier alpha value is -3.08. The molecule has 8 nitrogen and oxygen atoms in total. The van der Waals surface area contributed by atoms with Gasteiger partial charge >= 0.3 is 0 Å². The van der Waals surface area contributed by atoms with Crippen LogP contribution in [0.4, 0.5) is 11.4 Å². The van der Waals surface area contributed by atoms with Crippen LogP contribution in [0.3, 0.4) is 0 Å². The maximum absolute atomic E-state index is 12.6. The van der Waals surface area contributed by atoms with Crippen LogP contribution in [0.15, 0.2) is 75.1 Å². The first-order chi connectivity index (χ1) is 14.8. The summed E-state index contributed by atoms with van der Waals surface area (Å²) in [5, 5.41) is 5.34. The number of carbonyl (C=O) groups excluding carboxylic acids is 2. The summed E-state index contributed by atoms with van der Waals surface area (Å²) in [5.41, 5.74) is 1.43. The summed E-state index contributed by atoms with van der Waals surface area (Å²) < 4.78 is 32.4. The van der Waals surface area contributed by atoms with Crippen LogP contribution in [0.1, 0.15) is 23.0 Å². The molecule has 0 spiro atoms. The van der Waals surface area contributed by atoms with Gasteiger partial charge in [0, 0.05) is 16.1 Å². The van der Waals surface area contributed by atoms with Crippen molar-refractivity contribution in [1.82, 2.24) is 4.72 Å². The SMILES string of the molecule is CC1Sc2ccc(C(=O)Nc3ccc(S(=O)(=O)NCc4ccco4)cc3)cc2NC1=O. The van der Waals surface area contributed by atoms with Gasteiger partial charge in [-0.25, -0.2) is 13.1 Å². The van der Waals surface area contributed by atoms with Crippen molar-refractivity contribution >= 4 is 45.0 Å². The van der Waals surface area contributed by atoms with Crippen LogP contribution in [-0.4, -0.2) is 25.5 Å². The number of amides is 2. The Morgan fingerprint density at radius 3 is 2.65 bits per heavy atom. The average molecular weight is 458 g/mol. The molecule has 3 N–H and O–H groups in total. The number of benzene rings is 2. The second kappa shape index (κ2) is 8.58. The maximum Gasteiger partial charge on any atom is 0.255 e. The summed E-state index contributed by atoms with van der Waals surface area (Å²) in [7, 11) is -3.72. The smallest absolute Gasteiger partial charge is 0.255 e. The highest BCUT2D eigenvalue weighted by Gasteiger charge is 2.24. The van der Waals surface area contributed by atoms with Crippen molar-refractivity contribution in [2.75, 3.05) is 10.6 Å². The second-order valence-corrected chi connectivity index (χ2v) is 9.99. The van der Waals surface area contributed by atoms with Crippen molar-refractivity contribution < 1.29 is 22.4 Å². The van der Waals surface area contributed by atoms with E-state index in [-0.39, 0.29) is 28.5 Å². The van der Waals surface area contributed by atoms with Crippen LogP contribution in [0.5, 0.6) is 0 Å². The first-order valence-corrected chi connectivity index (χ1v) is 11.7. The molecule has 31 heavy (non-hydrogen) atoms. The van der Waals surface area contributed by atoms with Crippen molar-refractivity contribution in [2.24, 2.45) is 0 Å². The largest absolute Gasteiger partial charge is 0.468 e. The monoisotopic (exact) mass is 457 g/mol. The Bertz CT molecular complexity index is 1220. The molecule has 1 aliphatic heterocycles. The summed E-state index contributed by atoms with van der Waals surface area (Å²) in [6.07, 6.45) is 1.47. The number of rotatable bonds is 6. The zero-order valence-electron chi connectivity index (χ0n) is 16.4. The number of anilines is 2. The lowest BCUT2D eigenvalue weighted by molar-refractivity contribution is -0.115. The third-order valence-corrected chi connectivity index (χ3v) is 7.21. The molecule has 10 heteroatoms. The number of hydrogen-bond donors (Lipinski definition) is 3. The summed E-state index contributed by atoms with van der Waals surface area (Å²) in [4.78, 5) is 25.4. The van der Waals surface area contributed by atoms with Crippen molar-refractivity contribution in [3.05, 3.63) is 72.2 Å². The molecule has 0 saturated heterocycles. The standard InChI is InChI=1S/C21H19N3O5S2/c1-13-20(25)24-18-11-14(4-9-19(18)30-13)21(26)23-15-5-7-17(8-6-15)31(27,28)22-12-16-3-2-10-29-16/h2-11,13,22H,12H2,1H3,(H,23,26)(H,24,25). The van der Waals surface area contributed by atoms with Gasteiger partial charge < -0.3 is 15.1 Å². The quantitative estimate of drug-likeness (QED) is 0.522. The average Bonchev–Trinajstić information content (AvgIpc) is 3.27. The Labute approximate surface area is 183 Å². The second-order valence-electron chi connectivity index (χ2n) is 6.84. The molecule has 2 amide bonds. The zero-order valence-corrected chi connectivity index (χ0v) is 18.0. The predicted molar refractivity (Wildman–Crippen MR) is 118 cm³/mol. The fourth-order valence-corrected chi connectivity index (χ4v) is 4.86. The Balaban J connectivity index is 1.42. The third kappa shape index (κ3) is 4.82. The molecule has 4 rings (SSSR count). The Kier molecular flexibility index (Phi) is 5.86. The lowest BCUT2D eigenvalue weighted by Gasteiger charge is -2.21. The highest BCUT2D eigenvalue weighted by Crippen LogP contribution is 2.36. The van der Waals surface area contributed by atoms with Crippen molar-refractivity contribution in [2.45, 2.75) is 28.5 Å². The number of fused-ring (bicyclic) bond motifs is 1. The van der Waals surface area contributed by atoms with Gasteiger partial charge in [0.15, 0.2) is 0 Å². The molecule has 2 heterocycles. The summed E-state index contributed by atoms with van der Waals surface area (Å²) in [6, 6.07) is 14.3. The minimum Gasteiger partial charge on any atom is -0.468 e. The third-order valence-electron chi connectivity index (χ3n) is 4.61. The molecule has 1 unspecified atom stereocenters. The molecule has 0 bridgehead atoms. The lowest BCUT2D eigenvalue weighted by atomic mass is 10.1. The number of sulfonamides is 1. The van der Waals surface area contributed by atoms with Gasteiger partial charge in [0.1, 0.15) is 5.76 Å². The topological polar surface area (TPSA) is 118 Å². The summed E-state index contributed by atoms with van der Waals surface area (Å²) in [6.45, 7) is 1.86. The van der Waals surface area contributed by atoms with Gasteiger partial charge in [0.05, 0.1) is 28.6 Å². The van der Waals surface area contributed by atoms with Crippen LogP contribution >= 0.6 is 11.8 Å². The van der Waals surface area contributed by atoms with Crippen molar-refractivity contribution in [3.8, 4) is 0 Å². The van der Waals surface area contributed by atoms with Crippen LogP contribution in [0, 0.1) is 0 Å². The molecular weight excluding hydrogens is 438 g/mol. The van der Waals surface area contributed by atoms with Crippen LogP contribution < -0.4 is 15.4 Å². The van der Waals surface area contributed by atoms with Crippen molar-refractivity contribution in [1.29, 1.82) is 0 Å². The molecule has 0 saturated carbocycles. The number of thioether (sulfide) groups is 1. The highest BCUT2D eigenvalue weighted by atomic mass is 32.2. The van der Waals surface area contributed by atoms with E-state index < -0.39 is 10.0 Å². The summed E-state index contributed by atoms with van der Waals surface area (Å²) in [5.74, 6) is 0.0290. The van der Waals surface area contributed by atoms with Crippen LogP contribution in [0.2, 0.25) is 0 Å². The first-order valence-electron chi connectivity index (χ1n) is 9.37. The van der Waals surface area contributed by atoms with E-state index in [4.69, 9.17) is 4.42 Å². The molecule has 160 valence electrons. The molecule has 0 fully saturated rings. The number of furan rings is 1. The van der Waals surface area contributed by atoms with Crippen LogP contribution in [-0.2, 0) is 21.4 Å². The van der Waals surface area contributed by atoms with Gasteiger partial charge in [-0.15, -0.1) is 11.8 Å². The number of hydrogen-bond acceptors (Lipinski definition) is 6. The minimum atomic E-state index is -3.72. The van der Waals surface area contributed by atoms with Crippen LogP contribution in [0.25, 0.3) is 0 Å². The maximum atomic E-state index is 12.6. The van der Waals surface area contributed by atoms with Gasteiger partial charge in [-0.3, -0.25) is 9.59 Å².